The molecule has 0 atom stereocenters. The molecule has 0 amide bonds. The summed E-state index contributed by atoms with van der Waals surface area (Å²) in [5.41, 5.74) is 0. The second kappa shape index (κ2) is 2.07. The minimum atomic E-state index is -4.29. The lowest BCUT2D eigenvalue weighted by atomic mass is 10.8. The first-order valence-corrected chi connectivity index (χ1v) is 3.15. The standard InChI is InChI=1S/C3H5FO2S/c1-2-3-7(4,5)6/h2H,1,3H2. The lowest BCUT2D eigenvalue weighted by Gasteiger charge is -1.78. The Kier molecular flexibility index (Phi) is 1.95. The molecule has 42 valence electrons. The van der Waals surface area contributed by atoms with Gasteiger partial charge in [0.15, 0.2) is 0 Å². The molecule has 0 spiro atoms. The second-order valence-corrected chi connectivity index (χ2v) is 2.41. The Morgan fingerprint density at radius 1 is 1.71 bits per heavy atom. The van der Waals surface area contributed by atoms with Crippen LogP contribution in [0.15, 0.2) is 12.7 Å². The van der Waals surface area contributed by atoms with Crippen LogP contribution in [0.5, 0.6) is 0 Å². The van der Waals surface area contributed by atoms with E-state index in [-0.39, 0.29) is 0 Å². The van der Waals surface area contributed by atoms with Crippen LogP contribution in [0.25, 0.3) is 0 Å². The Balaban J connectivity index is 3.84. The van der Waals surface area contributed by atoms with Crippen molar-refractivity contribution in [3.63, 3.8) is 0 Å². The molecule has 0 aromatic heterocycles. The molecule has 4 heteroatoms. The van der Waals surface area contributed by atoms with Gasteiger partial charge in [-0.15, -0.1) is 10.5 Å². The fourth-order valence-electron chi connectivity index (χ4n) is 0.141. The lowest BCUT2D eigenvalue weighted by Crippen LogP contribution is -1.92. The van der Waals surface area contributed by atoms with Gasteiger partial charge in [0.25, 0.3) is 0 Å². The SMILES string of the molecule is C=CCS(=O)(=O)F. The Bertz CT molecular complexity index is 146. The van der Waals surface area contributed by atoms with E-state index in [1.54, 1.807) is 0 Å². The first-order chi connectivity index (χ1) is 3.06. The van der Waals surface area contributed by atoms with Gasteiger partial charge in [0.05, 0.1) is 5.75 Å². The largest absolute Gasteiger partial charge is 0.305 e. The van der Waals surface area contributed by atoms with Gasteiger partial charge in [0, 0.05) is 0 Å². The normalized spacial score (nSPS) is 11.0. The van der Waals surface area contributed by atoms with Gasteiger partial charge in [-0.3, -0.25) is 0 Å². The molecular weight excluding hydrogens is 119 g/mol. The van der Waals surface area contributed by atoms with E-state index >= 15 is 0 Å². The highest BCUT2D eigenvalue weighted by atomic mass is 32.3. The second-order valence-electron chi connectivity index (χ2n) is 0.994. The van der Waals surface area contributed by atoms with Gasteiger partial charge >= 0.3 is 10.2 Å². The molecule has 0 heterocycles. The summed E-state index contributed by atoms with van der Waals surface area (Å²) in [5.74, 6) is -0.590. The minimum absolute atomic E-state index is 0.590. The predicted octanol–water partition coefficient (Wildman–Crippen LogP) is 0.472. The predicted molar refractivity (Wildman–Crippen MR) is 25.1 cm³/mol. The Morgan fingerprint density at radius 2 is 2.14 bits per heavy atom. The Hall–Kier alpha value is -0.380. The van der Waals surface area contributed by atoms with Gasteiger partial charge in [-0.2, -0.15) is 8.42 Å². The third-order valence-corrected chi connectivity index (χ3v) is 0.951. The monoisotopic (exact) mass is 124 g/mol. The van der Waals surface area contributed by atoms with Crippen molar-refractivity contribution in [3.8, 4) is 0 Å². The minimum Gasteiger partial charge on any atom is -0.195 e. The van der Waals surface area contributed by atoms with Crippen molar-refractivity contribution in [3.05, 3.63) is 12.7 Å². The van der Waals surface area contributed by atoms with Gasteiger partial charge in [-0.05, 0) is 0 Å². The fraction of sp³-hybridized carbons (Fsp3) is 0.333. The fourth-order valence-corrected chi connectivity index (χ4v) is 0.422. The molecule has 0 aromatic carbocycles. The van der Waals surface area contributed by atoms with Crippen LogP contribution in [0.1, 0.15) is 0 Å². The van der Waals surface area contributed by atoms with Crippen molar-refractivity contribution in [1.82, 2.24) is 0 Å². The molecular formula is C3H5FO2S. The molecule has 0 fully saturated rings. The van der Waals surface area contributed by atoms with Gasteiger partial charge < -0.3 is 0 Å². The summed E-state index contributed by atoms with van der Waals surface area (Å²) in [6, 6.07) is 0. The van der Waals surface area contributed by atoms with Crippen molar-refractivity contribution in [2.24, 2.45) is 0 Å². The molecule has 0 rings (SSSR count). The molecule has 0 unspecified atom stereocenters. The van der Waals surface area contributed by atoms with Crippen LogP contribution >= 0.6 is 0 Å². The van der Waals surface area contributed by atoms with Crippen LogP contribution in [0, 0.1) is 0 Å². The molecule has 7 heavy (non-hydrogen) atoms. The third-order valence-electron chi connectivity index (χ3n) is 0.317. The van der Waals surface area contributed by atoms with E-state index in [1.165, 1.54) is 0 Å². The summed E-state index contributed by atoms with van der Waals surface area (Å²) in [7, 11) is -4.29. The van der Waals surface area contributed by atoms with E-state index in [0.717, 1.165) is 6.08 Å². The maximum atomic E-state index is 11.3. The molecule has 0 aliphatic rings. The molecule has 0 aliphatic carbocycles. The summed E-state index contributed by atoms with van der Waals surface area (Å²) in [4.78, 5) is 0. The summed E-state index contributed by atoms with van der Waals surface area (Å²) in [6.07, 6.45) is 0.995. The quantitative estimate of drug-likeness (QED) is 0.396. The first kappa shape index (κ1) is 6.62. The molecule has 0 bridgehead atoms. The molecule has 2 nitrogen and oxygen atoms in total. The smallest absolute Gasteiger partial charge is 0.195 e. The zero-order valence-electron chi connectivity index (χ0n) is 3.59. The van der Waals surface area contributed by atoms with Crippen LogP contribution < -0.4 is 0 Å². The van der Waals surface area contributed by atoms with Crippen LogP contribution in [-0.4, -0.2) is 14.2 Å². The molecule has 0 radical (unpaired) electrons. The van der Waals surface area contributed by atoms with Gasteiger partial charge in [0.1, 0.15) is 0 Å². The van der Waals surface area contributed by atoms with E-state index in [0.29, 0.717) is 0 Å². The maximum Gasteiger partial charge on any atom is 0.305 e. The number of hydrogen-bond donors (Lipinski definition) is 0. The van der Waals surface area contributed by atoms with Crippen molar-refractivity contribution in [2.45, 2.75) is 0 Å². The van der Waals surface area contributed by atoms with Gasteiger partial charge in [0.2, 0.25) is 0 Å². The molecule has 0 saturated heterocycles. The zero-order chi connectivity index (χ0) is 5.91. The molecule has 0 saturated carbocycles. The summed E-state index contributed by atoms with van der Waals surface area (Å²) >= 11 is 0. The first-order valence-electron chi connectivity index (χ1n) is 1.59. The van der Waals surface area contributed by atoms with Crippen LogP contribution in [0.4, 0.5) is 3.89 Å². The van der Waals surface area contributed by atoms with E-state index in [4.69, 9.17) is 0 Å². The number of halogens is 1. The molecule has 0 N–H and O–H groups in total. The number of rotatable bonds is 2. The van der Waals surface area contributed by atoms with Crippen molar-refractivity contribution < 1.29 is 12.3 Å². The van der Waals surface area contributed by atoms with E-state index in [1.807, 2.05) is 0 Å². The highest BCUT2D eigenvalue weighted by Gasteiger charge is 1.99. The summed E-state index contributed by atoms with van der Waals surface area (Å²) < 4.78 is 30.3. The third kappa shape index (κ3) is 5.62. The van der Waals surface area contributed by atoms with Gasteiger partial charge in [-0.25, -0.2) is 0 Å². The Morgan fingerprint density at radius 3 is 2.14 bits per heavy atom. The highest BCUT2D eigenvalue weighted by Crippen LogP contribution is 1.87. The topological polar surface area (TPSA) is 34.1 Å². The van der Waals surface area contributed by atoms with E-state index in [2.05, 4.69) is 6.58 Å². The summed E-state index contributed by atoms with van der Waals surface area (Å²) in [6.45, 7) is 3.03. The molecule has 0 aromatic rings. The van der Waals surface area contributed by atoms with Crippen molar-refractivity contribution in [2.75, 3.05) is 5.75 Å². The van der Waals surface area contributed by atoms with E-state index < -0.39 is 16.0 Å². The zero-order valence-corrected chi connectivity index (χ0v) is 4.41. The van der Waals surface area contributed by atoms with Crippen LogP contribution in [-0.2, 0) is 10.2 Å². The summed E-state index contributed by atoms with van der Waals surface area (Å²) in [5, 5.41) is 0. The average Bonchev–Trinajstić information content (AvgIpc) is 1.30. The average molecular weight is 124 g/mol. The number of hydrogen-bond acceptors (Lipinski definition) is 2. The van der Waals surface area contributed by atoms with E-state index in [9.17, 15) is 12.3 Å². The maximum absolute atomic E-state index is 11.3. The lowest BCUT2D eigenvalue weighted by molar-refractivity contribution is 0.555. The molecule has 0 aliphatic heterocycles. The van der Waals surface area contributed by atoms with Crippen LogP contribution in [0.2, 0.25) is 0 Å². The van der Waals surface area contributed by atoms with Crippen molar-refractivity contribution >= 4 is 10.2 Å². The van der Waals surface area contributed by atoms with Crippen molar-refractivity contribution in [1.29, 1.82) is 0 Å². The highest BCUT2D eigenvalue weighted by molar-refractivity contribution is 7.86. The van der Waals surface area contributed by atoms with Gasteiger partial charge in [-0.1, -0.05) is 6.08 Å². The Labute approximate surface area is 41.9 Å². The van der Waals surface area contributed by atoms with Crippen LogP contribution in [0.3, 0.4) is 0 Å².